The number of urea groups is 1. The second kappa shape index (κ2) is 7.21. The summed E-state index contributed by atoms with van der Waals surface area (Å²) in [5.74, 6) is 0.214. The Bertz CT molecular complexity index is 898. The number of halogens is 3. The van der Waals surface area contributed by atoms with Crippen LogP contribution in [0.15, 0.2) is 30.3 Å². The van der Waals surface area contributed by atoms with Crippen molar-refractivity contribution in [3.63, 3.8) is 0 Å². The Labute approximate surface area is 167 Å². The minimum atomic E-state index is -0.567. The molecule has 0 bridgehead atoms. The number of carbonyl (C=O) groups is 1. The predicted octanol–water partition coefficient (Wildman–Crippen LogP) is 6.30. The smallest absolute Gasteiger partial charge is 0.319 e. The van der Waals surface area contributed by atoms with Gasteiger partial charge >= 0.3 is 6.03 Å². The normalized spacial score (nSPS) is 17.8. The van der Waals surface area contributed by atoms with Gasteiger partial charge in [0.1, 0.15) is 5.75 Å². The Morgan fingerprint density at radius 1 is 1.15 bits per heavy atom. The Kier molecular flexibility index (Phi) is 4.91. The lowest BCUT2D eigenvalue weighted by Crippen LogP contribution is -2.52. The van der Waals surface area contributed by atoms with E-state index in [9.17, 15) is 9.18 Å². The fourth-order valence-electron chi connectivity index (χ4n) is 4.08. The molecule has 1 aliphatic heterocycles. The van der Waals surface area contributed by atoms with Crippen LogP contribution in [0.2, 0.25) is 5.02 Å². The largest absolute Gasteiger partial charge is 0.453 e. The molecule has 27 heavy (non-hydrogen) atoms. The van der Waals surface area contributed by atoms with Crippen LogP contribution in [0.4, 0.5) is 14.9 Å². The summed E-state index contributed by atoms with van der Waals surface area (Å²) in [7, 11) is 0. The molecule has 2 aromatic carbocycles. The van der Waals surface area contributed by atoms with Gasteiger partial charge in [0.2, 0.25) is 0 Å². The number of alkyl halides is 1. The van der Waals surface area contributed by atoms with Gasteiger partial charge in [0.05, 0.1) is 22.1 Å². The van der Waals surface area contributed by atoms with Gasteiger partial charge in [-0.05, 0) is 31.0 Å². The Morgan fingerprint density at radius 2 is 1.93 bits per heavy atom. The second-order valence-corrected chi connectivity index (χ2v) is 7.66. The first-order valence-corrected chi connectivity index (χ1v) is 9.89. The van der Waals surface area contributed by atoms with Gasteiger partial charge in [0.25, 0.3) is 0 Å². The van der Waals surface area contributed by atoms with Crippen molar-refractivity contribution in [3.05, 3.63) is 52.3 Å². The van der Waals surface area contributed by atoms with Gasteiger partial charge in [-0.1, -0.05) is 43.0 Å². The maximum Gasteiger partial charge on any atom is 0.319 e. The van der Waals surface area contributed by atoms with E-state index >= 15 is 0 Å². The molecule has 2 amide bonds. The van der Waals surface area contributed by atoms with Crippen LogP contribution in [0.5, 0.6) is 11.5 Å². The van der Waals surface area contributed by atoms with Gasteiger partial charge in [-0.25, -0.2) is 9.18 Å². The number of rotatable bonds is 3. The van der Waals surface area contributed by atoms with E-state index in [0.29, 0.717) is 22.0 Å². The summed E-state index contributed by atoms with van der Waals surface area (Å²) < 4.78 is 20.5. The highest BCUT2D eigenvalue weighted by Crippen LogP contribution is 2.50. The summed E-state index contributed by atoms with van der Waals surface area (Å²) in [6, 6.07) is 7.76. The van der Waals surface area contributed by atoms with Crippen LogP contribution in [0.3, 0.4) is 0 Å². The molecule has 0 atom stereocenters. The number of benzene rings is 2. The zero-order valence-electron chi connectivity index (χ0n) is 14.6. The molecule has 4 rings (SSSR count). The molecule has 1 spiro atoms. The second-order valence-electron chi connectivity index (χ2n) is 6.98. The van der Waals surface area contributed by atoms with Gasteiger partial charge in [-0.2, -0.15) is 0 Å². The molecule has 0 radical (unpaired) electrons. The van der Waals surface area contributed by atoms with Crippen molar-refractivity contribution in [3.8, 4) is 11.5 Å². The minimum Gasteiger partial charge on any atom is -0.453 e. The molecule has 1 heterocycles. The molecule has 1 saturated carbocycles. The SMILES string of the molecule is O=C1Nc2c(Cl)ccc(Oc3c(F)cccc3CCl)c2C2(CCCCC2)N1. The molecule has 2 aliphatic rings. The molecular weight excluding hydrogens is 390 g/mol. The lowest BCUT2D eigenvalue weighted by Gasteiger charge is -2.43. The average molecular weight is 409 g/mol. The fraction of sp³-hybridized carbons (Fsp3) is 0.350. The Balaban J connectivity index is 1.87. The number of ether oxygens (including phenoxy) is 1. The highest BCUT2D eigenvalue weighted by atomic mass is 35.5. The quantitative estimate of drug-likeness (QED) is 0.584. The lowest BCUT2D eigenvalue weighted by atomic mass is 9.74. The third-order valence-electron chi connectivity index (χ3n) is 5.30. The molecule has 0 aromatic heterocycles. The molecule has 2 aromatic rings. The van der Waals surface area contributed by atoms with Crippen molar-refractivity contribution in [2.75, 3.05) is 5.32 Å². The predicted molar refractivity (Wildman–Crippen MR) is 104 cm³/mol. The molecular formula is C20H19Cl2FN2O2. The first kappa shape index (κ1) is 18.4. The third kappa shape index (κ3) is 3.23. The molecule has 1 aliphatic carbocycles. The van der Waals surface area contributed by atoms with Crippen molar-refractivity contribution in [1.29, 1.82) is 0 Å². The summed E-state index contributed by atoms with van der Waals surface area (Å²) in [6.07, 6.45) is 4.64. The Hall–Kier alpha value is -1.98. The molecule has 2 N–H and O–H groups in total. The number of nitrogens with one attached hydrogen (secondary N) is 2. The minimum absolute atomic E-state index is 0.0971. The standard InChI is InChI=1S/C20H19Cl2FN2O2/c21-11-12-5-4-6-14(23)18(12)27-15-8-7-13(22)17-16(15)20(25-19(26)24-17)9-2-1-3-10-20/h4-8H,1-3,9-11H2,(H2,24,25,26). The zero-order chi connectivity index (χ0) is 19.0. The first-order chi connectivity index (χ1) is 13.0. The van der Waals surface area contributed by atoms with Crippen molar-refractivity contribution in [1.82, 2.24) is 5.32 Å². The molecule has 0 saturated heterocycles. The first-order valence-electron chi connectivity index (χ1n) is 8.97. The van der Waals surface area contributed by atoms with Gasteiger partial charge in [0, 0.05) is 11.1 Å². The topological polar surface area (TPSA) is 50.4 Å². The number of amides is 2. The maximum absolute atomic E-state index is 14.4. The van der Waals surface area contributed by atoms with E-state index in [0.717, 1.165) is 37.7 Å². The van der Waals surface area contributed by atoms with Gasteiger partial charge in [-0.3, -0.25) is 0 Å². The van der Waals surface area contributed by atoms with E-state index < -0.39 is 11.4 Å². The monoisotopic (exact) mass is 408 g/mol. The van der Waals surface area contributed by atoms with Crippen LogP contribution in [-0.4, -0.2) is 6.03 Å². The number of hydrogen-bond donors (Lipinski definition) is 2. The van der Waals surface area contributed by atoms with E-state index in [1.54, 1.807) is 24.3 Å². The van der Waals surface area contributed by atoms with Crippen LogP contribution in [0, 0.1) is 5.82 Å². The highest BCUT2D eigenvalue weighted by Gasteiger charge is 2.43. The third-order valence-corrected chi connectivity index (χ3v) is 5.90. The molecule has 4 nitrogen and oxygen atoms in total. The lowest BCUT2D eigenvalue weighted by molar-refractivity contribution is 0.206. The summed E-state index contributed by atoms with van der Waals surface area (Å²) in [6.45, 7) is 0. The van der Waals surface area contributed by atoms with Crippen LogP contribution in [-0.2, 0) is 11.4 Å². The highest BCUT2D eigenvalue weighted by molar-refractivity contribution is 6.34. The number of para-hydroxylation sites is 1. The maximum atomic E-state index is 14.4. The van der Waals surface area contributed by atoms with Crippen LogP contribution in [0.1, 0.15) is 43.2 Å². The molecule has 142 valence electrons. The molecule has 0 unspecified atom stereocenters. The number of carbonyl (C=O) groups excluding carboxylic acids is 1. The van der Waals surface area contributed by atoms with Crippen LogP contribution < -0.4 is 15.4 Å². The fourth-order valence-corrected chi connectivity index (χ4v) is 4.49. The van der Waals surface area contributed by atoms with Gasteiger partial charge in [-0.15, -0.1) is 11.6 Å². The Morgan fingerprint density at radius 3 is 2.67 bits per heavy atom. The van der Waals surface area contributed by atoms with E-state index in [-0.39, 0.29) is 17.7 Å². The summed E-state index contributed by atoms with van der Waals surface area (Å²) in [5, 5.41) is 6.30. The average Bonchev–Trinajstić information content (AvgIpc) is 2.66. The summed E-state index contributed by atoms with van der Waals surface area (Å²) >= 11 is 12.3. The van der Waals surface area contributed by atoms with Crippen LogP contribution >= 0.6 is 23.2 Å². The van der Waals surface area contributed by atoms with E-state index in [1.807, 2.05) is 0 Å². The number of fused-ring (bicyclic) bond motifs is 2. The summed E-state index contributed by atoms with van der Waals surface area (Å²) in [4.78, 5) is 12.3. The van der Waals surface area contributed by atoms with Gasteiger partial charge < -0.3 is 15.4 Å². The van der Waals surface area contributed by atoms with Crippen molar-refractivity contribution >= 4 is 34.9 Å². The zero-order valence-corrected chi connectivity index (χ0v) is 16.1. The van der Waals surface area contributed by atoms with Crippen molar-refractivity contribution < 1.29 is 13.9 Å². The molecule has 7 heteroatoms. The van der Waals surface area contributed by atoms with Crippen molar-refractivity contribution in [2.24, 2.45) is 0 Å². The number of hydrogen-bond acceptors (Lipinski definition) is 2. The number of anilines is 1. The van der Waals surface area contributed by atoms with Crippen molar-refractivity contribution in [2.45, 2.75) is 43.5 Å². The van der Waals surface area contributed by atoms with E-state index in [1.165, 1.54) is 6.07 Å². The van der Waals surface area contributed by atoms with Crippen LogP contribution in [0.25, 0.3) is 0 Å². The summed E-state index contributed by atoms with van der Waals surface area (Å²) in [5.41, 5.74) is 1.30. The van der Waals surface area contributed by atoms with E-state index in [2.05, 4.69) is 10.6 Å². The molecule has 1 fully saturated rings. The van der Waals surface area contributed by atoms with Gasteiger partial charge in [0.15, 0.2) is 11.6 Å². The van der Waals surface area contributed by atoms with E-state index in [4.69, 9.17) is 27.9 Å².